The van der Waals surface area contributed by atoms with Gasteiger partial charge in [-0.1, -0.05) is 0 Å². The van der Waals surface area contributed by atoms with E-state index >= 15 is 0 Å². The summed E-state index contributed by atoms with van der Waals surface area (Å²) in [6.45, 7) is 0. The molecule has 0 amide bonds. The van der Waals surface area contributed by atoms with Crippen molar-refractivity contribution in [2.75, 3.05) is 0 Å². The summed E-state index contributed by atoms with van der Waals surface area (Å²) in [7, 11) is 0. The van der Waals surface area contributed by atoms with Crippen LogP contribution in [-0.2, 0) is 12.1 Å². The Kier molecular flexibility index (Phi) is 3.13. The highest BCUT2D eigenvalue weighted by molar-refractivity contribution is 6.17. The third-order valence-corrected chi connectivity index (χ3v) is 1.85. The van der Waals surface area contributed by atoms with Gasteiger partial charge in [-0.15, -0.1) is 11.6 Å². The van der Waals surface area contributed by atoms with Crippen LogP contribution < -0.4 is 0 Å². The van der Waals surface area contributed by atoms with Crippen LogP contribution in [0.3, 0.4) is 0 Å². The molecule has 0 radical (unpaired) electrons. The Labute approximate surface area is 86.8 Å². The zero-order chi connectivity index (χ0) is 11.6. The van der Waals surface area contributed by atoms with Crippen LogP contribution in [0.5, 0.6) is 0 Å². The average molecular weight is 241 g/mol. The fourth-order valence-corrected chi connectivity index (χ4v) is 1.07. The van der Waals surface area contributed by atoms with Gasteiger partial charge < -0.3 is 0 Å². The molecule has 1 aromatic heterocycles. The standard InChI is InChI=1S/C7H4ClF3N2O2/c8-2-4-1-5(13(14)15)6(12-3-4)7(9,10)11/h1,3H,2H2. The van der Waals surface area contributed by atoms with Gasteiger partial charge in [-0.2, -0.15) is 13.2 Å². The topological polar surface area (TPSA) is 56.0 Å². The molecule has 1 heterocycles. The summed E-state index contributed by atoms with van der Waals surface area (Å²) in [5.41, 5.74) is -2.43. The van der Waals surface area contributed by atoms with Gasteiger partial charge in [-0.05, 0) is 5.56 Å². The van der Waals surface area contributed by atoms with E-state index in [1.54, 1.807) is 0 Å². The highest BCUT2D eigenvalue weighted by Gasteiger charge is 2.40. The maximum atomic E-state index is 12.2. The largest absolute Gasteiger partial charge is 0.440 e. The Morgan fingerprint density at radius 3 is 2.53 bits per heavy atom. The Hall–Kier alpha value is -1.37. The minimum absolute atomic E-state index is 0.133. The highest BCUT2D eigenvalue weighted by Crippen LogP contribution is 2.34. The van der Waals surface area contributed by atoms with E-state index in [1.165, 1.54) is 0 Å². The van der Waals surface area contributed by atoms with E-state index in [1.807, 2.05) is 0 Å². The Bertz CT molecular complexity index is 394. The fraction of sp³-hybridized carbons (Fsp3) is 0.286. The normalized spacial score (nSPS) is 11.5. The van der Waals surface area contributed by atoms with Crippen molar-refractivity contribution in [3.63, 3.8) is 0 Å². The lowest BCUT2D eigenvalue weighted by atomic mass is 10.2. The summed E-state index contributed by atoms with van der Waals surface area (Å²) in [4.78, 5) is 12.2. The molecule has 0 saturated heterocycles. The molecule has 0 aliphatic heterocycles. The van der Waals surface area contributed by atoms with Crippen molar-refractivity contribution in [2.24, 2.45) is 0 Å². The number of hydrogen-bond acceptors (Lipinski definition) is 3. The number of nitrogens with zero attached hydrogens (tertiary/aromatic N) is 2. The second-order valence-corrected chi connectivity index (χ2v) is 2.87. The quantitative estimate of drug-likeness (QED) is 0.454. The molecule has 0 N–H and O–H groups in total. The molecule has 4 nitrogen and oxygen atoms in total. The van der Waals surface area contributed by atoms with Crippen molar-refractivity contribution in [3.8, 4) is 0 Å². The third-order valence-electron chi connectivity index (χ3n) is 1.54. The lowest BCUT2D eigenvalue weighted by molar-refractivity contribution is -0.388. The van der Waals surface area contributed by atoms with Gasteiger partial charge >= 0.3 is 6.18 Å². The first kappa shape index (κ1) is 11.7. The molecule has 0 saturated carbocycles. The smallest absolute Gasteiger partial charge is 0.258 e. The minimum Gasteiger partial charge on any atom is -0.258 e. The Morgan fingerprint density at radius 2 is 2.13 bits per heavy atom. The summed E-state index contributed by atoms with van der Waals surface area (Å²) in [6, 6.07) is 0.767. The first-order chi connectivity index (χ1) is 6.86. The van der Waals surface area contributed by atoms with Crippen LogP contribution in [0, 0.1) is 10.1 Å². The number of rotatable bonds is 2. The first-order valence-electron chi connectivity index (χ1n) is 3.62. The molecule has 0 aliphatic rings. The maximum absolute atomic E-state index is 12.2. The van der Waals surface area contributed by atoms with E-state index in [4.69, 9.17) is 11.6 Å². The monoisotopic (exact) mass is 240 g/mol. The van der Waals surface area contributed by atoms with Crippen molar-refractivity contribution in [1.82, 2.24) is 4.98 Å². The van der Waals surface area contributed by atoms with Crippen LogP contribution in [0.4, 0.5) is 18.9 Å². The molecule has 0 bridgehead atoms. The molecule has 0 aromatic carbocycles. The molecular formula is C7H4ClF3N2O2. The molecule has 0 fully saturated rings. The van der Waals surface area contributed by atoms with E-state index in [0.717, 1.165) is 12.3 Å². The van der Waals surface area contributed by atoms with Crippen molar-refractivity contribution in [2.45, 2.75) is 12.1 Å². The number of alkyl halides is 4. The average Bonchev–Trinajstić information content (AvgIpc) is 2.15. The van der Waals surface area contributed by atoms with E-state index in [-0.39, 0.29) is 11.4 Å². The van der Waals surface area contributed by atoms with Crippen molar-refractivity contribution < 1.29 is 18.1 Å². The molecule has 1 rings (SSSR count). The molecule has 1 aromatic rings. The number of aromatic nitrogens is 1. The summed E-state index contributed by atoms with van der Waals surface area (Å²) >= 11 is 5.33. The van der Waals surface area contributed by atoms with Gasteiger partial charge in [-0.3, -0.25) is 10.1 Å². The number of halogens is 4. The summed E-state index contributed by atoms with van der Waals surface area (Å²) < 4.78 is 36.7. The molecule has 15 heavy (non-hydrogen) atoms. The molecule has 0 unspecified atom stereocenters. The Morgan fingerprint density at radius 1 is 1.53 bits per heavy atom. The van der Waals surface area contributed by atoms with Crippen molar-refractivity contribution >= 4 is 17.3 Å². The van der Waals surface area contributed by atoms with Gasteiger partial charge in [0.2, 0.25) is 5.69 Å². The predicted octanol–water partition coefficient (Wildman–Crippen LogP) is 2.75. The van der Waals surface area contributed by atoms with Gasteiger partial charge in [0.25, 0.3) is 5.69 Å². The Balaban J connectivity index is 3.34. The van der Waals surface area contributed by atoms with Crippen LogP contribution in [0.15, 0.2) is 12.3 Å². The van der Waals surface area contributed by atoms with Crippen molar-refractivity contribution in [3.05, 3.63) is 33.6 Å². The van der Waals surface area contributed by atoms with Gasteiger partial charge in [-0.25, -0.2) is 4.98 Å². The van der Waals surface area contributed by atoms with Gasteiger partial charge in [0, 0.05) is 18.1 Å². The zero-order valence-electron chi connectivity index (χ0n) is 7.08. The van der Waals surface area contributed by atoms with Crippen molar-refractivity contribution in [1.29, 1.82) is 0 Å². The molecular weight excluding hydrogens is 237 g/mol. The van der Waals surface area contributed by atoms with Crippen LogP contribution in [-0.4, -0.2) is 9.91 Å². The summed E-state index contributed by atoms with van der Waals surface area (Å²) in [5.74, 6) is -0.133. The molecule has 0 spiro atoms. The van der Waals surface area contributed by atoms with E-state index in [0.29, 0.717) is 0 Å². The van der Waals surface area contributed by atoms with E-state index < -0.39 is 22.5 Å². The van der Waals surface area contributed by atoms with Gasteiger partial charge in [0.1, 0.15) is 0 Å². The van der Waals surface area contributed by atoms with Crippen LogP contribution in [0.25, 0.3) is 0 Å². The third kappa shape index (κ3) is 2.56. The lowest BCUT2D eigenvalue weighted by Crippen LogP contribution is -2.11. The highest BCUT2D eigenvalue weighted by atomic mass is 35.5. The predicted molar refractivity (Wildman–Crippen MR) is 45.5 cm³/mol. The summed E-state index contributed by atoms with van der Waals surface area (Å²) in [5, 5.41) is 10.4. The maximum Gasteiger partial charge on any atom is 0.440 e. The van der Waals surface area contributed by atoms with E-state index in [9.17, 15) is 23.3 Å². The molecule has 82 valence electrons. The first-order valence-corrected chi connectivity index (χ1v) is 4.16. The molecule has 0 aliphatic carbocycles. The van der Waals surface area contributed by atoms with Crippen LogP contribution >= 0.6 is 11.6 Å². The minimum atomic E-state index is -4.84. The number of hydrogen-bond donors (Lipinski definition) is 0. The van der Waals surface area contributed by atoms with Crippen LogP contribution in [0.1, 0.15) is 11.3 Å². The SMILES string of the molecule is O=[N+]([O-])c1cc(CCl)cnc1C(F)(F)F. The fourth-order valence-electron chi connectivity index (χ4n) is 0.925. The van der Waals surface area contributed by atoms with Crippen LogP contribution in [0.2, 0.25) is 0 Å². The molecule has 8 heteroatoms. The van der Waals surface area contributed by atoms with Gasteiger partial charge in [0.15, 0.2) is 0 Å². The number of nitro groups is 1. The second-order valence-electron chi connectivity index (χ2n) is 2.60. The van der Waals surface area contributed by atoms with Gasteiger partial charge in [0.05, 0.1) is 4.92 Å². The lowest BCUT2D eigenvalue weighted by Gasteiger charge is -2.06. The number of pyridine rings is 1. The van der Waals surface area contributed by atoms with E-state index in [2.05, 4.69) is 4.98 Å². The zero-order valence-corrected chi connectivity index (χ0v) is 7.84. The molecule has 0 atom stereocenters. The second kappa shape index (κ2) is 4.01. The summed E-state index contributed by atoms with van der Waals surface area (Å²) in [6.07, 6.45) is -3.98.